The summed E-state index contributed by atoms with van der Waals surface area (Å²) < 4.78 is 45.3. The van der Waals surface area contributed by atoms with E-state index in [0.717, 1.165) is 12.1 Å². The minimum atomic E-state index is -3.76. The van der Waals surface area contributed by atoms with Crippen molar-refractivity contribution >= 4 is 33.3 Å². The van der Waals surface area contributed by atoms with Crippen molar-refractivity contribution in [3.05, 3.63) is 40.7 Å². The van der Waals surface area contributed by atoms with Crippen LogP contribution in [0.25, 0.3) is 0 Å². The summed E-state index contributed by atoms with van der Waals surface area (Å²) in [4.78, 5) is 11.8. The van der Waals surface area contributed by atoms with E-state index in [1.165, 1.54) is 6.07 Å². The highest BCUT2D eigenvalue weighted by molar-refractivity contribution is 7.93. The molecule has 1 aromatic carbocycles. The van der Waals surface area contributed by atoms with E-state index in [0.29, 0.717) is 18.4 Å². The van der Waals surface area contributed by atoms with Crippen LogP contribution in [0.5, 0.6) is 0 Å². The second kappa shape index (κ2) is 7.31. The maximum absolute atomic E-state index is 13.0. The molecule has 0 heterocycles. The summed E-state index contributed by atoms with van der Waals surface area (Å²) in [5.41, 5.74) is 0.471. The van der Waals surface area contributed by atoms with Crippen LogP contribution in [-0.4, -0.2) is 26.2 Å². The van der Waals surface area contributed by atoms with Gasteiger partial charge in [0.1, 0.15) is 5.82 Å². The van der Waals surface area contributed by atoms with Gasteiger partial charge in [0.25, 0.3) is 0 Å². The fourth-order valence-electron chi connectivity index (χ4n) is 2.34. The SMILES string of the molecule is CCOC(=O)C1=CCCC(S(=O)(=O)Nc2ccc(F)cc2Cl)C1. The normalized spacial score (nSPS) is 18.2. The third kappa shape index (κ3) is 4.45. The van der Waals surface area contributed by atoms with Crippen molar-refractivity contribution in [3.63, 3.8) is 0 Å². The molecule has 0 aliphatic heterocycles. The predicted octanol–water partition coefficient (Wildman–Crippen LogP) is 3.26. The average Bonchev–Trinajstić information content (AvgIpc) is 2.50. The number of rotatable bonds is 5. The quantitative estimate of drug-likeness (QED) is 0.817. The lowest BCUT2D eigenvalue weighted by Crippen LogP contribution is -2.31. The summed E-state index contributed by atoms with van der Waals surface area (Å²) in [5.74, 6) is -1.05. The molecule has 1 N–H and O–H groups in total. The number of hydrogen-bond donors (Lipinski definition) is 1. The molecule has 0 radical (unpaired) electrons. The van der Waals surface area contributed by atoms with Gasteiger partial charge in [0.15, 0.2) is 0 Å². The van der Waals surface area contributed by atoms with Crippen LogP contribution in [0.4, 0.5) is 10.1 Å². The summed E-state index contributed by atoms with van der Waals surface area (Å²) in [6.45, 7) is 1.92. The zero-order valence-corrected chi connectivity index (χ0v) is 14.1. The number of hydrogen-bond acceptors (Lipinski definition) is 4. The highest BCUT2D eigenvalue weighted by atomic mass is 35.5. The van der Waals surface area contributed by atoms with Crippen molar-refractivity contribution in [3.8, 4) is 0 Å². The van der Waals surface area contributed by atoms with Gasteiger partial charge in [-0.15, -0.1) is 0 Å². The molecule has 2 rings (SSSR count). The van der Waals surface area contributed by atoms with E-state index in [-0.39, 0.29) is 23.7 Å². The van der Waals surface area contributed by atoms with Crippen LogP contribution in [0.3, 0.4) is 0 Å². The molecule has 1 aliphatic rings. The van der Waals surface area contributed by atoms with E-state index >= 15 is 0 Å². The molecule has 1 aromatic rings. The van der Waals surface area contributed by atoms with Gasteiger partial charge in [0.05, 0.1) is 22.6 Å². The molecule has 1 unspecified atom stereocenters. The Morgan fingerprint density at radius 3 is 2.87 bits per heavy atom. The molecule has 0 saturated heterocycles. The predicted molar refractivity (Wildman–Crippen MR) is 86.3 cm³/mol. The summed E-state index contributed by atoms with van der Waals surface area (Å²) >= 11 is 5.84. The van der Waals surface area contributed by atoms with Crippen LogP contribution in [0.2, 0.25) is 5.02 Å². The number of anilines is 1. The molecule has 1 atom stereocenters. The van der Waals surface area contributed by atoms with Gasteiger partial charge < -0.3 is 4.74 Å². The van der Waals surface area contributed by atoms with Crippen molar-refractivity contribution in [1.29, 1.82) is 0 Å². The van der Waals surface area contributed by atoms with Crippen molar-refractivity contribution in [2.24, 2.45) is 0 Å². The standard InChI is InChI=1S/C15H17ClFNO4S/c1-2-22-15(19)10-4-3-5-12(8-10)23(20,21)18-14-7-6-11(17)9-13(14)16/h4,6-7,9,12,18H,2-3,5,8H2,1H3. The third-order valence-electron chi connectivity index (χ3n) is 3.49. The van der Waals surface area contributed by atoms with Gasteiger partial charge in [0, 0.05) is 5.57 Å². The fraction of sp³-hybridized carbons (Fsp3) is 0.400. The Morgan fingerprint density at radius 1 is 1.48 bits per heavy atom. The molecule has 23 heavy (non-hydrogen) atoms. The van der Waals surface area contributed by atoms with E-state index in [1.54, 1.807) is 13.0 Å². The molecule has 0 bridgehead atoms. The Hall–Kier alpha value is -1.60. The van der Waals surface area contributed by atoms with Crippen molar-refractivity contribution in [2.45, 2.75) is 31.4 Å². The number of carbonyl (C=O) groups is 1. The monoisotopic (exact) mass is 361 g/mol. The van der Waals surface area contributed by atoms with Crippen LogP contribution < -0.4 is 4.72 Å². The first-order valence-electron chi connectivity index (χ1n) is 7.16. The van der Waals surface area contributed by atoms with E-state index in [2.05, 4.69) is 4.72 Å². The van der Waals surface area contributed by atoms with Gasteiger partial charge >= 0.3 is 5.97 Å². The van der Waals surface area contributed by atoms with Crippen LogP contribution in [0.15, 0.2) is 29.8 Å². The van der Waals surface area contributed by atoms with Crippen molar-refractivity contribution in [2.75, 3.05) is 11.3 Å². The third-order valence-corrected chi connectivity index (χ3v) is 5.58. The highest BCUT2D eigenvalue weighted by Crippen LogP contribution is 2.29. The van der Waals surface area contributed by atoms with E-state index in [9.17, 15) is 17.6 Å². The number of sulfonamides is 1. The number of nitrogens with one attached hydrogen (secondary N) is 1. The number of allylic oxidation sites excluding steroid dienone is 1. The molecule has 0 spiro atoms. The van der Waals surface area contributed by atoms with Gasteiger partial charge in [-0.1, -0.05) is 17.7 Å². The molecule has 8 heteroatoms. The first-order valence-corrected chi connectivity index (χ1v) is 9.08. The topological polar surface area (TPSA) is 72.5 Å². The van der Waals surface area contributed by atoms with Crippen LogP contribution in [0, 0.1) is 5.82 Å². The number of esters is 1. The maximum atomic E-state index is 13.0. The second-order valence-electron chi connectivity index (χ2n) is 5.12. The molecular formula is C15H17ClFNO4S. The Labute approximate surface area is 139 Å². The number of ether oxygens (including phenoxy) is 1. The Morgan fingerprint density at radius 2 is 2.22 bits per heavy atom. The number of carbonyl (C=O) groups excluding carboxylic acids is 1. The summed E-state index contributed by atoms with van der Waals surface area (Å²) in [6.07, 6.45) is 2.63. The highest BCUT2D eigenvalue weighted by Gasteiger charge is 2.31. The molecule has 0 saturated carbocycles. The Kier molecular flexibility index (Phi) is 5.64. The lowest BCUT2D eigenvalue weighted by molar-refractivity contribution is -0.138. The molecule has 0 aromatic heterocycles. The first-order chi connectivity index (χ1) is 10.8. The smallest absolute Gasteiger partial charge is 0.333 e. The fourth-order valence-corrected chi connectivity index (χ4v) is 4.11. The maximum Gasteiger partial charge on any atom is 0.333 e. The van der Waals surface area contributed by atoms with Gasteiger partial charge in [-0.25, -0.2) is 17.6 Å². The minimum Gasteiger partial charge on any atom is -0.463 e. The van der Waals surface area contributed by atoms with Gasteiger partial charge in [-0.05, 0) is 44.4 Å². The summed E-state index contributed by atoms with van der Waals surface area (Å²) in [7, 11) is -3.76. The molecule has 1 aliphatic carbocycles. The molecule has 126 valence electrons. The van der Waals surface area contributed by atoms with Crippen LogP contribution in [-0.2, 0) is 19.6 Å². The Bertz CT molecular complexity index is 733. The number of benzene rings is 1. The van der Waals surface area contributed by atoms with Gasteiger partial charge in [-0.2, -0.15) is 0 Å². The van der Waals surface area contributed by atoms with E-state index in [1.807, 2.05) is 0 Å². The molecular weight excluding hydrogens is 345 g/mol. The van der Waals surface area contributed by atoms with Gasteiger partial charge in [-0.3, -0.25) is 4.72 Å². The zero-order valence-electron chi connectivity index (χ0n) is 12.5. The first kappa shape index (κ1) is 17.7. The summed E-state index contributed by atoms with van der Waals surface area (Å²) in [6, 6.07) is 3.42. The average molecular weight is 362 g/mol. The summed E-state index contributed by atoms with van der Waals surface area (Å²) in [5, 5.41) is -0.793. The second-order valence-corrected chi connectivity index (χ2v) is 7.49. The lowest BCUT2D eigenvalue weighted by atomic mass is 9.99. The van der Waals surface area contributed by atoms with Crippen LogP contribution in [0.1, 0.15) is 26.2 Å². The molecule has 0 amide bonds. The largest absolute Gasteiger partial charge is 0.463 e. The van der Waals surface area contributed by atoms with Gasteiger partial charge in [0.2, 0.25) is 10.0 Å². The van der Waals surface area contributed by atoms with E-state index < -0.39 is 27.1 Å². The van der Waals surface area contributed by atoms with E-state index in [4.69, 9.17) is 16.3 Å². The van der Waals surface area contributed by atoms with Crippen molar-refractivity contribution in [1.82, 2.24) is 0 Å². The minimum absolute atomic E-state index is 0.0226. The molecule has 0 fully saturated rings. The Balaban J connectivity index is 2.14. The number of halogens is 2. The lowest BCUT2D eigenvalue weighted by Gasteiger charge is -2.23. The molecule has 5 nitrogen and oxygen atoms in total. The van der Waals surface area contributed by atoms with Crippen LogP contribution >= 0.6 is 11.6 Å². The zero-order chi connectivity index (χ0) is 17.0. The van der Waals surface area contributed by atoms with Crippen molar-refractivity contribution < 1.29 is 22.3 Å².